The van der Waals surface area contributed by atoms with E-state index in [1.807, 2.05) is 18.3 Å². The van der Waals surface area contributed by atoms with Crippen molar-refractivity contribution < 1.29 is 0 Å². The largest absolute Gasteiger partial charge is 0.357 e. The van der Waals surface area contributed by atoms with E-state index in [1.54, 1.807) is 0 Å². The first kappa shape index (κ1) is 10.5. The number of pyridine rings is 1. The molecular formula is C10H15BrN2. The Hall–Kier alpha value is -0.570. The Balaban J connectivity index is 2.56. The highest BCUT2D eigenvalue weighted by Gasteiger charge is 2.02. The van der Waals surface area contributed by atoms with Gasteiger partial charge in [-0.2, -0.15) is 0 Å². The Kier molecular flexibility index (Phi) is 4.83. The lowest BCUT2D eigenvalue weighted by Crippen LogP contribution is -2.24. The number of alkyl halides is 1. The lowest BCUT2D eigenvalue weighted by atomic mass is 10.3. The van der Waals surface area contributed by atoms with Crippen molar-refractivity contribution in [1.82, 2.24) is 4.98 Å². The van der Waals surface area contributed by atoms with Gasteiger partial charge in [-0.25, -0.2) is 4.98 Å². The quantitative estimate of drug-likeness (QED) is 0.739. The van der Waals surface area contributed by atoms with E-state index in [1.165, 1.54) is 0 Å². The van der Waals surface area contributed by atoms with Crippen LogP contribution >= 0.6 is 15.9 Å². The van der Waals surface area contributed by atoms with Crippen LogP contribution in [0.25, 0.3) is 0 Å². The van der Waals surface area contributed by atoms with E-state index >= 15 is 0 Å². The van der Waals surface area contributed by atoms with Crippen molar-refractivity contribution in [3.8, 4) is 0 Å². The van der Waals surface area contributed by atoms with Crippen molar-refractivity contribution in [2.24, 2.45) is 0 Å². The molecule has 0 saturated heterocycles. The van der Waals surface area contributed by atoms with Gasteiger partial charge >= 0.3 is 0 Å². The SMILES string of the molecule is CCN(CCCBr)c1ccccn1. The van der Waals surface area contributed by atoms with Gasteiger partial charge in [0.25, 0.3) is 0 Å². The van der Waals surface area contributed by atoms with Crippen LogP contribution in [0.2, 0.25) is 0 Å². The fourth-order valence-electron chi connectivity index (χ4n) is 1.23. The Bertz CT molecular complexity index is 226. The van der Waals surface area contributed by atoms with Gasteiger partial charge in [-0.3, -0.25) is 0 Å². The Morgan fingerprint density at radius 2 is 2.31 bits per heavy atom. The van der Waals surface area contributed by atoms with Gasteiger partial charge in [-0.15, -0.1) is 0 Å². The maximum atomic E-state index is 4.31. The van der Waals surface area contributed by atoms with E-state index in [4.69, 9.17) is 0 Å². The monoisotopic (exact) mass is 242 g/mol. The molecule has 3 heteroatoms. The molecule has 0 radical (unpaired) electrons. The van der Waals surface area contributed by atoms with E-state index in [0.29, 0.717) is 0 Å². The third kappa shape index (κ3) is 3.35. The highest BCUT2D eigenvalue weighted by Crippen LogP contribution is 2.09. The highest BCUT2D eigenvalue weighted by molar-refractivity contribution is 9.09. The minimum atomic E-state index is 1.02. The molecule has 13 heavy (non-hydrogen) atoms. The number of rotatable bonds is 5. The smallest absolute Gasteiger partial charge is 0.128 e. The van der Waals surface area contributed by atoms with Crippen LogP contribution in [0.4, 0.5) is 5.82 Å². The van der Waals surface area contributed by atoms with Crippen molar-refractivity contribution in [1.29, 1.82) is 0 Å². The summed E-state index contributed by atoms with van der Waals surface area (Å²) in [6, 6.07) is 6.03. The Morgan fingerprint density at radius 1 is 1.46 bits per heavy atom. The second kappa shape index (κ2) is 5.97. The minimum Gasteiger partial charge on any atom is -0.357 e. The lowest BCUT2D eigenvalue weighted by molar-refractivity contribution is 0.785. The third-order valence-corrected chi connectivity index (χ3v) is 2.48. The second-order valence-electron chi connectivity index (χ2n) is 2.81. The topological polar surface area (TPSA) is 16.1 Å². The molecule has 1 aromatic rings. The average Bonchev–Trinajstić information content (AvgIpc) is 2.21. The van der Waals surface area contributed by atoms with E-state index in [0.717, 1.165) is 30.7 Å². The summed E-state index contributed by atoms with van der Waals surface area (Å²) < 4.78 is 0. The average molecular weight is 243 g/mol. The number of hydrogen-bond acceptors (Lipinski definition) is 2. The van der Waals surface area contributed by atoms with Gasteiger partial charge in [-0.1, -0.05) is 22.0 Å². The van der Waals surface area contributed by atoms with Crippen LogP contribution in [0.5, 0.6) is 0 Å². The summed E-state index contributed by atoms with van der Waals surface area (Å²) in [6.45, 7) is 4.24. The molecule has 0 fully saturated rings. The van der Waals surface area contributed by atoms with Gasteiger partial charge in [0.05, 0.1) is 0 Å². The molecule has 0 aliphatic rings. The molecule has 0 saturated carbocycles. The van der Waals surface area contributed by atoms with Gasteiger partial charge in [-0.05, 0) is 25.5 Å². The number of nitrogens with zero attached hydrogens (tertiary/aromatic N) is 2. The Morgan fingerprint density at radius 3 is 2.85 bits per heavy atom. The molecule has 0 bridgehead atoms. The van der Waals surface area contributed by atoms with Crippen molar-refractivity contribution in [3.05, 3.63) is 24.4 Å². The normalized spacial score (nSPS) is 10.0. The van der Waals surface area contributed by atoms with Gasteiger partial charge in [0, 0.05) is 24.6 Å². The molecule has 1 heterocycles. The molecule has 0 aromatic carbocycles. The van der Waals surface area contributed by atoms with Crippen LogP contribution in [-0.4, -0.2) is 23.4 Å². The summed E-state index contributed by atoms with van der Waals surface area (Å²) in [4.78, 5) is 6.59. The van der Waals surface area contributed by atoms with Crippen LogP contribution in [0.15, 0.2) is 24.4 Å². The zero-order chi connectivity index (χ0) is 9.52. The van der Waals surface area contributed by atoms with Crippen LogP contribution in [-0.2, 0) is 0 Å². The predicted molar refractivity (Wildman–Crippen MR) is 60.5 cm³/mol. The van der Waals surface area contributed by atoms with Gasteiger partial charge < -0.3 is 4.90 Å². The molecule has 0 amide bonds. The van der Waals surface area contributed by atoms with Crippen molar-refractivity contribution in [2.75, 3.05) is 23.3 Å². The van der Waals surface area contributed by atoms with Gasteiger partial charge in [0.2, 0.25) is 0 Å². The molecule has 2 nitrogen and oxygen atoms in total. The summed E-state index contributed by atoms with van der Waals surface area (Å²) >= 11 is 3.43. The molecule has 1 rings (SSSR count). The van der Waals surface area contributed by atoms with E-state index in [2.05, 4.69) is 38.8 Å². The first-order valence-corrected chi connectivity index (χ1v) is 5.72. The van der Waals surface area contributed by atoms with Gasteiger partial charge in [0.1, 0.15) is 5.82 Å². The molecule has 0 unspecified atom stereocenters. The predicted octanol–water partition coefficient (Wildman–Crippen LogP) is 2.69. The second-order valence-corrected chi connectivity index (χ2v) is 3.60. The summed E-state index contributed by atoms with van der Waals surface area (Å²) in [5, 5.41) is 1.05. The maximum Gasteiger partial charge on any atom is 0.128 e. The molecule has 0 atom stereocenters. The number of halogens is 1. The zero-order valence-electron chi connectivity index (χ0n) is 7.91. The number of hydrogen-bond donors (Lipinski definition) is 0. The molecule has 1 aromatic heterocycles. The van der Waals surface area contributed by atoms with Crippen LogP contribution < -0.4 is 4.90 Å². The fourth-order valence-corrected chi connectivity index (χ4v) is 1.48. The molecule has 72 valence electrons. The molecule has 0 aliphatic carbocycles. The molecule has 0 spiro atoms. The number of aromatic nitrogens is 1. The highest BCUT2D eigenvalue weighted by atomic mass is 79.9. The summed E-state index contributed by atoms with van der Waals surface area (Å²) in [5.74, 6) is 1.07. The summed E-state index contributed by atoms with van der Waals surface area (Å²) in [7, 11) is 0. The van der Waals surface area contributed by atoms with Crippen LogP contribution in [0, 0.1) is 0 Å². The standard InChI is InChI=1S/C10H15BrN2/c1-2-13(9-5-7-11)10-6-3-4-8-12-10/h3-4,6,8H,2,5,7,9H2,1H3. The lowest BCUT2D eigenvalue weighted by Gasteiger charge is -2.20. The van der Waals surface area contributed by atoms with Crippen molar-refractivity contribution in [3.63, 3.8) is 0 Å². The molecule has 0 N–H and O–H groups in total. The van der Waals surface area contributed by atoms with Crippen molar-refractivity contribution >= 4 is 21.7 Å². The van der Waals surface area contributed by atoms with Gasteiger partial charge in [0.15, 0.2) is 0 Å². The first-order valence-electron chi connectivity index (χ1n) is 4.60. The summed E-state index contributed by atoms with van der Waals surface area (Å²) in [6.07, 6.45) is 3.00. The molecule has 0 aliphatic heterocycles. The Labute approximate surface area is 88.1 Å². The third-order valence-electron chi connectivity index (χ3n) is 1.92. The van der Waals surface area contributed by atoms with Crippen molar-refractivity contribution in [2.45, 2.75) is 13.3 Å². The van der Waals surface area contributed by atoms with E-state index in [-0.39, 0.29) is 0 Å². The summed E-state index contributed by atoms with van der Waals surface area (Å²) in [5.41, 5.74) is 0. The maximum absolute atomic E-state index is 4.31. The molecular weight excluding hydrogens is 228 g/mol. The zero-order valence-corrected chi connectivity index (χ0v) is 9.50. The minimum absolute atomic E-state index is 1.02. The number of anilines is 1. The van der Waals surface area contributed by atoms with E-state index < -0.39 is 0 Å². The van der Waals surface area contributed by atoms with E-state index in [9.17, 15) is 0 Å². The first-order chi connectivity index (χ1) is 6.38. The van der Waals surface area contributed by atoms with Crippen LogP contribution in [0.3, 0.4) is 0 Å². The van der Waals surface area contributed by atoms with Crippen LogP contribution in [0.1, 0.15) is 13.3 Å². The fraction of sp³-hybridized carbons (Fsp3) is 0.500.